The van der Waals surface area contributed by atoms with E-state index >= 15 is 0 Å². The summed E-state index contributed by atoms with van der Waals surface area (Å²) in [5.41, 5.74) is 3.91. The fourth-order valence-corrected chi connectivity index (χ4v) is 6.02. The molecule has 3 aromatic rings. The topological polar surface area (TPSA) is 82.4 Å². The first kappa shape index (κ1) is 25.5. The van der Waals surface area contributed by atoms with E-state index in [9.17, 15) is 4.79 Å². The molecule has 0 N–H and O–H groups in total. The molecular formula is C28H34ClN5O3. The summed E-state index contributed by atoms with van der Waals surface area (Å²) in [6.45, 7) is 8.56. The smallest absolute Gasteiger partial charge is 0.319 e. The molecule has 9 heteroatoms. The molecule has 0 saturated heterocycles. The Balaban J connectivity index is 1.72. The maximum Gasteiger partial charge on any atom is 0.319 e. The summed E-state index contributed by atoms with van der Waals surface area (Å²) < 4.78 is 12.9. The van der Waals surface area contributed by atoms with Gasteiger partial charge in [0.2, 0.25) is 5.88 Å². The van der Waals surface area contributed by atoms with Crippen LogP contribution in [0.5, 0.6) is 11.9 Å². The zero-order valence-corrected chi connectivity index (χ0v) is 23.0. The number of carbonyl (C=O) groups is 1. The summed E-state index contributed by atoms with van der Waals surface area (Å²) >= 11 is 6.43. The summed E-state index contributed by atoms with van der Waals surface area (Å²) in [5, 5.41) is 0.612. The van der Waals surface area contributed by atoms with Crippen molar-refractivity contribution in [2.75, 3.05) is 19.1 Å². The zero-order chi connectivity index (χ0) is 26.4. The molecule has 0 spiro atoms. The number of amides is 1. The van der Waals surface area contributed by atoms with Gasteiger partial charge in [-0.15, -0.1) is 0 Å². The molecule has 1 aromatic carbocycles. The van der Waals surface area contributed by atoms with E-state index in [0.717, 1.165) is 42.6 Å². The van der Waals surface area contributed by atoms with E-state index in [0.29, 0.717) is 39.8 Å². The Morgan fingerprint density at radius 3 is 2.46 bits per heavy atom. The molecule has 0 bridgehead atoms. The molecule has 3 heterocycles. The number of benzene rings is 1. The monoisotopic (exact) mass is 523 g/mol. The van der Waals surface area contributed by atoms with Crippen LogP contribution in [-0.4, -0.2) is 39.6 Å². The van der Waals surface area contributed by atoms with Crippen molar-refractivity contribution in [3.63, 3.8) is 0 Å². The number of carbonyl (C=O) groups excluding carboxylic acids is 1. The van der Waals surface area contributed by atoms with Gasteiger partial charge in [0.15, 0.2) is 5.69 Å². The summed E-state index contributed by atoms with van der Waals surface area (Å²) in [6, 6.07) is 5.86. The van der Waals surface area contributed by atoms with Crippen molar-refractivity contribution in [1.29, 1.82) is 0 Å². The van der Waals surface area contributed by atoms with Crippen molar-refractivity contribution in [2.24, 2.45) is 11.8 Å². The van der Waals surface area contributed by atoms with E-state index in [1.807, 2.05) is 30.0 Å². The molecule has 1 unspecified atom stereocenters. The molecular weight excluding hydrogens is 490 g/mol. The molecule has 1 saturated carbocycles. The van der Waals surface area contributed by atoms with E-state index in [2.05, 4.69) is 35.3 Å². The Labute approximate surface area is 223 Å². The molecule has 5 rings (SSSR count). The quantitative estimate of drug-likeness (QED) is 0.370. The highest BCUT2D eigenvalue weighted by Gasteiger charge is 2.48. The molecule has 0 radical (unpaired) electrons. The van der Waals surface area contributed by atoms with Gasteiger partial charge in [-0.3, -0.25) is 9.69 Å². The van der Waals surface area contributed by atoms with Gasteiger partial charge in [-0.2, -0.15) is 4.98 Å². The number of aryl methyl sites for hydroxylation is 1. The summed E-state index contributed by atoms with van der Waals surface area (Å²) in [5.74, 6) is 1.90. The first-order valence-corrected chi connectivity index (χ1v) is 13.3. The van der Waals surface area contributed by atoms with E-state index in [1.54, 1.807) is 13.3 Å². The molecule has 1 aliphatic heterocycles. The van der Waals surface area contributed by atoms with E-state index < -0.39 is 0 Å². The number of nitrogens with zero attached hydrogens (tertiary/aromatic N) is 5. The molecule has 2 aromatic heterocycles. The molecule has 2 aliphatic rings. The second-order valence-corrected chi connectivity index (χ2v) is 10.9. The lowest BCUT2D eigenvalue weighted by molar-refractivity contribution is 0.0975. The average Bonchev–Trinajstić information content (AvgIpc) is 3.40. The normalized spacial score (nSPS) is 21.5. The lowest BCUT2D eigenvalue weighted by Crippen LogP contribution is -2.36. The van der Waals surface area contributed by atoms with Crippen LogP contribution in [0.3, 0.4) is 0 Å². The van der Waals surface area contributed by atoms with Crippen LogP contribution in [0.25, 0.3) is 11.4 Å². The number of aromatic nitrogens is 4. The number of halogens is 1. The van der Waals surface area contributed by atoms with Crippen molar-refractivity contribution in [3.8, 4) is 23.3 Å². The Morgan fingerprint density at radius 2 is 1.81 bits per heavy atom. The van der Waals surface area contributed by atoms with Crippen LogP contribution >= 0.6 is 11.6 Å². The lowest BCUT2D eigenvalue weighted by atomic mass is 9.78. The van der Waals surface area contributed by atoms with Gasteiger partial charge >= 0.3 is 6.01 Å². The van der Waals surface area contributed by atoms with Crippen LogP contribution in [0.4, 0.5) is 5.69 Å². The number of ether oxygens (including phenoxy) is 2. The predicted molar refractivity (Wildman–Crippen MR) is 144 cm³/mol. The zero-order valence-electron chi connectivity index (χ0n) is 22.3. The molecule has 1 amide bonds. The molecule has 196 valence electrons. The van der Waals surface area contributed by atoms with Crippen LogP contribution in [0.2, 0.25) is 5.02 Å². The largest absolute Gasteiger partial charge is 0.480 e. The van der Waals surface area contributed by atoms with Gasteiger partial charge in [0.05, 0.1) is 31.5 Å². The van der Waals surface area contributed by atoms with Crippen LogP contribution in [0.15, 0.2) is 24.4 Å². The van der Waals surface area contributed by atoms with E-state index in [-0.39, 0.29) is 24.0 Å². The molecule has 1 atom stereocenters. The SMILES string of the molecule is COc1ncc(-c2nc3c(n2C(C)C)C(C2CCC(C)CC2)N(c2cc(Cl)ccc2C)C3=O)c(OC)n1. The number of methoxy groups -OCH3 is 2. The number of anilines is 1. The molecule has 1 fully saturated rings. The highest BCUT2D eigenvalue weighted by atomic mass is 35.5. The summed E-state index contributed by atoms with van der Waals surface area (Å²) in [6.07, 6.45) is 6.07. The van der Waals surface area contributed by atoms with Crippen LogP contribution < -0.4 is 14.4 Å². The first-order valence-electron chi connectivity index (χ1n) is 12.9. The molecule has 1 aliphatic carbocycles. The molecule has 37 heavy (non-hydrogen) atoms. The first-order chi connectivity index (χ1) is 17.7. The number of hydrogen-bond acceptors (Lipinski definition) is 6. The second kappa shape index (κ2) is 9.97. The van der Waals surface area contributed by atoms with E-state index in [4.69, 9.17) is 26.1 Å². The van der Waals surface area contributed by atoms with Gasteiger partial charge in [-0.05, 0) is 63.1 Å². The van der Waals surface area contributed by atoms with Crippen molar-refractivity contribution in [3.05, 3.63) is 46.4 Å². The van der Waals surface area contributed by atoms with Crippen LogP contribution in [-0.2, 0) is 0 Å². The van der Waals surface area contributed by atoms with Gasteiger partial charge < -0.3 is 14.0 Å². The van der Waals surface area contributed by atoms with Gasteiger partial charge in [-0.1, -0.05) is 37.4 Å². The fourth-order valence-electron chi connectivity index (χ4n) is 5.86. The van der Waals surface area contributed by atoms with Gasteiger partial charge in [0, 0.05) is 22.9 Å². The Bertz CT molecular complexity index is 1330. The number of rotatable bonds is 6. The maximum absolute atomic E-state index is 14.2. The third kappa shape index (κ3) is 4.35. The van der Waals surface area contributed by atoms with Crippen molar-refractivity contribution < 1.29 is 14.3 Å². The summed E-state index contributed by atoms with van der Waals surface area (Å²) in [4.78, 5) is 29.8. The lowest BCUT2D eigenvalue weighted by Gasteiger charge is -2.37. The van der Waals surface area contributed by atoms with Crippen LogP contribution in [0.1, 0.15) is 80.3 Å². The minimum atomic E-state index is -0.138. The predicted octanol–water partition coefficient (Wildman–Crippen LogP) is 6.43. The number of hydrogen-bond donors (Lipinski definition) is 0. The Hall–Kier alpha value is -3.13. The maximum atomic E-state index is 14.2. The average molecular weight is 524 g/mol. The minimum absolute atomic E-state index is 0.0382. The third-order valence-electron chi connectivity index (χ3n) is 7.73. The summed E-state index contributed by atoms with van der Waals surface area (Å²) in [7, 11) is 3.07. The standard InChI is InChI=1S/C28H34ClN5O3/c1-15(2)33-24-22(31-25(33)20-14-30-28(37-6)32-26(20)36-5)27(35)34(21-13-19(29)12-9-17(21)4)23(24)18-10-7-16(3)8-11-18/h9,12-16,18,23H,7-8,10-11H2,1-6H3. The fraction of sp³-hybridized carbons (Fsp3) is 0.500. The minimum Gasteiger partial charge on any atom is -0.480 e. The van der Waals surface area contributed by atoms with Crippen molar-refractivity contribution >= 4 is 23.2 Å². The third-order valence-corrected chi connectivity index (χ3v) is 7.97. The highest BCUT2D eigenvalue weighted by Crippen LogP contribution is 2.50. The molecule has 8 nitrogen and oxygen atoms in total. The second-order valence-electron chi connectivity index (χ2n) is 10.5. The van der Waals surface area contributed by atoms with Crippen molar-refractivity contribution in [2.45, 2.75) is 65.5 Å². The van der Waals surface area contributed by atoms with Crippen LogP contribution in [0, 0.1) is 18.8 Å². The highest BCUT2D eigenvalue weighted by molar-refractivity contribution is 6.31. The van der Waals surface area contributed by atoms with Crippen molar-refractivity contribution in [1.82, 2.24) is 19.5 Å². The number of imidazole rings is 1. The van der Waals surface area contributed by atoms with Gasteiger partial charge in [-0.25, -0.2) is 9.97 Å². The van der Waals surface area contributed by atoms with E-state index in [1.165, 1.54) is 7.11 Å². The number of fused-ring (bicyclic) bond motifs is 1. The van der Waals surface area contributed by atoms with Gasteiger partial charge in [0.25, 0.3) is 5.91 Å². The Morgan fingerprint density at radius 1 is 1.08 bits per heavy atom. The Kier molecular flexibility index (Phi) is 6.88. The van der Waals surface area contributed by atoms with Gasteiger partial charge in [0.1, 0.15) is 5.82 Å².